The second-order valence-corrected chi connectivity index (χ2v) is 4.90. The first-order valence-corrected chi connectivity index (χ1v) is 6.93. The molecular formula is C16H17ClN2O. The summed E-state index contributed by atoms with van der Waals surface area (Å²) in [6.07, 6.45) is 0.838. The summed E-state index contributed by atoms with van der Waals surface area (Å²) in [6, 6.07) is 14.4. The number of hydrogen-bond donors (Lipinski definition) is 1. The SMILES string of the molecule is CCCN(C(=O)c1ccccc1Cl)c1ccccc1N. The number of amides is 1. The zero-order valence-corrected chi connectivity index (χ0v) is 12.1. The molecule has 0 aliphatic carbocycles. The summed E-state index contributed by atoms with van der Waals surface area (Å²) >= 11 is 6.11. The van der Waals surface area contributed by atoms with Crippen LogP contribution in [0.3, 0.4) is 0 Å². The van der Waals surface area contributed by atoms with Gasteiger partial charge in [-0.05, 0) is 30.7 Å². The van der Waals surface area contributed by atoms with E-state index in [4.69, 9.17) is 17.3 Å². The lowest BCUT2D eigenvalue weighted by Gasteiger charge is -2.24. The normalized spacial score (nSPS) is 10.3. The first kappa shape index (κ1) is 14.4. The molecule has 0 fully saturated rings. The predicted octanol–water partition coefficient (Wildman–Crippen LogP) is 3.98. The molecule has 0 spiro atoms. The fourth-order valence-corrected chi connectivity index (χ4v) is 2.28. The Morgan fingerprint density at radius 1 is 1.15 bits per heavy atom. The van der Waals surface area contributed by atoms with Crippen LogP contribution >= 0.6 is 11.6 Å². The molecule has 0 saturated carbocycles. The third-order valence-electron chi connectivity index (χ3n) is 3.02. The first-order chi connectivity index (χ1) is 9.65. The highest BCUT2D eigenvalue weighted by atomic mass is 35.5. The molecule has 2 N–H and O–H groups in total. The van der Waals surface area contributed by atoms with Gasteiger partial charge in [0.25, 0.3) is 5.91 Å². The number of anilines is 2. The van der Waals surface area contributed by atoms with Gasteiger partial charge in [-0.1, -0.05) is 42.8 Å². The molecule has 0 bridgehead atoms. The number of carbonyl (C=O) groups excluding carboxylic acids is 1. The summed E-state index contributed by atoms with van der Waals surface area (Å²) in [7, 11) is 0. The molecule has 2 aromatic carbocycles. The first-order valence-electron chi connectivity index (χ1n) is 6.56. The summed E-state index contributed by atoms with van der Waals surface area (Å²) in [6.45, 7) is 2.62. The van der Waals surface area contributed by atoms with Gasteiger partial charge in [0, 0.05) is 6.54 Å². The number of nitrogens with two attached hydrogens (primary N) is 1. The Bertz CT molecular complexity index is 613. The summed E-state index contributed by atoms with van der Waals surface area (Å²) in [5.74, 6) is -0.129. The Kier molecular flexibility index (Phi) is 4.64. The van der Waals surface area contributed by atoms with E-state index in [2.05, 4.69) is 0 Å². The van der Waals surface area contributed by atoms with E-state index in [1.807, 2.05) is 25.1 Å². The lowest BCUT2D eigenvalue weighted by atomic mass is 10.1. The Hall–Kier alpha value is -2.00. The highest BCUT2D eigenvalue weighted by Gasteiger charge is 2.20. The number of halogens is 1. The molecule has 20 heavy (non-hydrogen) atoms. The molecule has 0 unspecified atom stereocenters. The van der Waals surface area contributed by atoms with Crippen LogP contribution in [0.5, 0.6) is 0 Å². The van der Waals surface area contributed by atoms with Crippen molar-refractivity contribution in [2.24, 2.45) is 0 Å². The highest BCUT2D eigenvalue weighted by Crippen LogP contribution is 2.26. The molecule has 0 heterocycles. The van der Waals surface area contributed by atoms with Crippen LogP contribution in [0.4, 0.5) is 11.4 Å². The van der Waals surface area contributed by atoms with Crippen LogP contribution in [-0.4, -0.2) is 12.5 Å². The summed E-state index contributed by atoms with van der Waals surface area (Å²) in [5, 5.41) is 0.452. The molecule has 3 nitrogen and oxygen atoms in total. The lowest BCUT2D eigenvalue weighted by Crippen LogP contribution is -2.32. The number of para-hydroxylation sites is 2. The van der Waals surface area contributed by atoms with Crippen molar-refractivity contribution < 1.29 is 4.79 Å². The van der Waals surface area contributed by atoms with E-state index in [0.717, 1.165) is 12.1 Å². The highest BCUT2D eigenvalue weighted by molar-refractivity contribution is 6.34. The lowest BCUT2D eigenvalue weighted by molar-refractivity contribution is 0.0987. The zero-order valence-electron chi connectivity index (χ0n) is 11.3. The van der Waals surface area contributed by atoms with Gasteiger partial charge in [-0.3, -0.25) is 4.79 Å². The van der Waals surface area contributed by atoms with Crippen molar-refractivity contribution in [1.29, 1.82) is 0 Å². The maximum Gasteiger partial charge on any atom is 0.259 e. The van der Waals surface area contributed by atoms with Crippen molar-refractivity contribution in [2.45, 2.75) is 13.3 Å². The van der Waals surface area contributed by atoms with Gasteiger partial charge >= 0.3 is 0 Å². The number of nitrogen functional groups attached to an aromatic ring is 1. The van der Waals surface area contributed by atoms with Gasteiger partial charge in [-0.2, -0.15) is 0 Å². The quantitative estimate of drug-likeness (QED) is 0.865. The molecule has 4 heteroatoms. The second kappa shape index (κ2) is 6.44. The Labute approximate surface area is 124 Å². The van der Waals surface area contributed by atoms with Crippen molar-refractivity contribution in [2.75, 3.05) is 17.2 Å². The molecule has 0 atom stereocenters. The minimum atomic E-state index is -0.129. The monoisotopic (exact) mass is 288 g/mol. The van der Waals surface area contributed by atoms with E-state index in [1.54, 1.807) is 35.2 Å². The minimum absolute atomic E-state index is 0.129. The maximum atomic E-state index is 12.7. The smallest absolute Gasteiger partial charge is 0.259 e. The third-order valence-corrected chi connectivity index (χ3v) is 3.35. The molecule has 0 saturated heterocycles. The minimum Gasteiger partial charge on any atom is -0.397 e. The van der Waals surface area contributed by atoms with Crippen molar-refractivity contribution in [3.63, 3.8) is 0 Å². The van der Waals surface area contributed by atoms with Gasteiger partial charge in [0.15, 0.2) is 0 Å². The van der Waals surface area contributed by atoms with E-state index >= 15 is 0 Å². The molecule has 0 radical (unpaired) electrons. The predicted molar refractivity (Wildman–Crippen MR) is 84.3 cm³/mol. The van der Waals surface area contributed by atoms with Gasteiger partial charge in [0.2, 0.25) is 0 Å². The largest absolute Gasteiger partial charge is 0.397 e. The van der Waals surface area contributed by atoms with Crippen LogP contribution in [0.2, 0.25) is 5.02 Å². The molecule has 0 aromatic heterocycles. The van der Waals surface area contributed by atoms with Gasteiger partial charge in [0.05, 0.1) is 22.0 Å². The van der Waals surface area contributed by atoms with Crippen molar-refractivity contribution >= 4 is 28.9 Å². The van der Waals surface area contributed by atoms with Gasteiger partial charge in [-0.25, -0.2) is 0 Å². The van der Waals surface area contributed by atoms with E-state index in [-0.39, 0.29) is 5.91 Å². The van der Waals surface area contributed by atoms with Gasteiger partial charge in [0.1, 0.15) is 0 Å². The van der Waals surface area contributed by atoms with Crippen LogP contribution in [0.25, 0.3) is 0 Å². The second-order valence-electron chi connectivity index (χ2n) is 4.50. The summed E-state index contributed by atoms with van der Waals surface area (Å²) in [5.41, 5.74) is 7.78. The van der Waals surface area contributed by atoms with Crippen molar-refractivity contribution in [3.05, 3.63) is 59.1 Å². The molecule has 1 amide bonds. The average molecular weight is 289 g/mol. The standard InChI is InChI=1S/C16H17ClN2O/c1-2-11-19(15-10-6-5-9-14(15)18)16(20)12-7-3-4-8-13(12)17/h3-10H,2,11,18H2,1H3. The van der Waals surface area contributed by atoms with Crippen LogP contribution in [0, 0.1) is 0 Å². The van der Waals surface area contributed by atoms with E-state index in [9.17, 15) is 4.79 Å². The molecule has 2 aromatic rings. The molecular weight excluding hydrogens is 272 g/mol. The third kappa shape index (κ3) is 2.94. The van der Waals surface area contributed by atoms with Crippen LogP contribution in [0.1, 0.15) is 23.7 Å². The Morgan fingerprint density at radius 2 is 1.80 bits per heavy atom. The average Bonchev–Trinajstić information content (AvgIpc) is 2.46. The fraction of sp³-hybridized carbons (Fsp3) is 0.188. The van der Waals surface area contributed by atoms with E-state index < -0.39 is 0 Å². The van der Waals surface area contributed by atoms with Crippen molar-refractivity contribution in [3.8, 4) is 0 Å². The molecule has 2 rings (SSSR count). The van der Waals surface area contributed by atoms with E-state index in [1.165, 1.54) is 0 Å². The topological polar surface area (TPSA) is 46.3 Å². The van der Waals surface area contributed by atoms with Gasteiger partial charge in [-0.15, -0.1) is 0 Å². The van der Waals surface area contributed by atoms with Crippen LogP contribution in [0.15, 0.2) is 48.5 Å². The molecule has 0 aliphatic rings. The summed E-state index contributed by atoms with van der Waals surface area (Å²) in [4.78, 5) is 14.4. The van der Waals surface area contributed by atoms with E-state index in [0.29, 0.717) is 22.8 Å². The fourth-order valence-electron chi connectivity index (χ4n) is 2.07. The zero-order chi connectivity index (χ0) is 14.5. The number of benzene rings is 2. The molecule has 0 aliphatic heterocycles. The summed E-state index contributed by atoms with van der Waals surface area (Å²) < 4.78 is 0. The van der Waals surface area contributed by atoms with Crippen molar-refractivity contribution in [1.82, 2.24) is 0 Å². The number of hydrogen-bond acceptors (Lipinski definition) is 2. The van der Waals surface area contributed by atoms with Crippen LogP contribution < -0.4 is 10.6 Å². The molecule has 104 valence electrons. The Morgan fingerprint density at radius 3 is 2.45 bits per heavy atom. The van der Waals surface area contributed by atoms with Gasteiger partial charge < -0.3 is 10.6 Å². The Balaban J connectivity index is 2.42. The number of rotatable bonds is 4. The number of nitrogens with zero attached hydrogens (tertiary/aromatic N) is 1. The maximum absolute atomic E-state index is 12.7. The van der Waals surface area contributed by atoms with Crippen LogP contribution in [-0.2, 0) is 0 Å². The number of carbonyl (C=O) groups is 1.